The van der Waals surface area contributed by atoms with E-state index in [-0.39, 0.29) is 22.3 Å². The number of carboxylic acids is 1. The van der Waals surface area contributed by atoms with Crippen LogP contribution in [-0.2, 0) is 9.53 Å². The number of hydrogen-bond donors (Lipinski definition) is 2. The maximum absolute atomic E-state index is 11.6. The van der Waals surface area contributed by atoms with E-state index in [1.165, 1.54) is 19.4 Å². The molecule has 0 aliphatic rings. The highest BCUT2D eigenvalue weighted by Gasteiger charge is 2.18. The number of rotatable bonds is 5. The quantitative estimate of drug-likeness (QED) is 0.797. The molecule has 0 aromatic carbocycles. The Morgan fingerprint density at radius 3 is 2.72 bits per heavy atom. The van der Waals surface area contributed by atoms with Crippen molar-refractivity contribution in [3.63, 3.8) is 0 Å². The Morgan fingerprint density at radius 1 is 1.56 bits per heavy atom. The summed E-state index contributed by atoms with van der Waals surface area (Å²) in [6.07, 6.45) is 0.135. The van der Waals surface area contributed by atoms with Gasteiger partial charge in [0.05, 0.1) is 17.1 Å². The topological polar surface area (TPSA) is 88.5 Å². The van der Waals surface area contributed by atoms with Gasteiger partial charge in [0, 0.05) is 13.3 Å². The van der Waals surface area contributed by atoms with Crippen molar-refractivity contribution in [3.05, 3.63) is 28.0 Å². The van der Waals surface area contributed by atoms with Gasteiger partial charge in [0.15, 0.2) is 6.10 Å². The van der Waals surface area contributed by atoms with Crippen LogP contribution in [0.25, 0.3) is 0 Å². The Hall–Kier alpha value is -1.37. The predicted molar refractivity (Wildman–Crippen MR) is 65.0 cm³/mol. The molecule has 2 N–H and O–H groups in total. The first-order valence-electron chi connectivity index (χ1n) is 4.80. The second kappa shape index (κ2) is 6.53. The van der Waals surface area contributed by atoms with Gasteiger partial charge in [0.25, 0.3) is 5.91 Å². The van der Waals surface area contributed by atoms with Crippen molar-refractivity contribution in [3.8, 4) is 0 Å². The highest BCUT2D eigenvalue weighted by Crippen LogP contribution is 2.19. The number of nitrogens with one attached hydrogen (secondary N) is 1. The number of halogens is 2. The van der Waals surface area contributed by atoms with Crippen molar-refractivity contribution in [2.45, 2.75) is 6.10 Å². The van der Waals surface area contributed by atoms with Gasteiger partial charge < -0.3 is 15.2 Å². The molecule has 1 heterocycles. The molecule has 1 aromatic heterocycles. The van der Waals surface area contributed by atoms with Crippen molar-refractivity contribution in [1.82, 2.24) is 10.3 Å². The molecule has 1 rings (SSSR count). The van der Waals surface area contributed by atoms with Crippen molar-refractivity contribution < 1.29 is 19.4 Å². The van der Waals surface area contributed by atoms with Crippen LogP contribution in [0.3, 0.4) is 0 Å². The lowest BCUT2D eigenvalue weighted by molar-refractivity contribution is -0.148. The van der Waals surface area contributed by atoms with E-state index < -0.39 is 18.0 Å². The van der Waals surface area contributed by atoms with E-state index in [0.29, 0.717) is 0 Å². The fraction of sp³-hybridized carbons (Fsp3) is 0.300. The third kappa shape index (κ3) is 3.83. The first-order chi connectivity index (χ1) is 8.45. The molecule has 1 aromatic rings. The summed E-state index contributed by atoms with van der Waals surface area (Å²) < 4.78 is 4.66. The van der Waals surface area contributed by atoms with Crippen molar-refractivity contribution >= 4 is 35.1 Å². The van der Waals surface area contributed by atoms with Gasteiger partial charge in [-0.25, -0.2) is 9.78 Å². The molecule has 0 spiro atoms. The van der Waals surface area contributed by atoms with E-state index in [1.54, 1.807) is 0 Å². The summed E-state index contributed by atoms with van der Waals surface area (Å²) in [6.45, 7) is -0.162. The molecule has 1 atom stereocenters. The van der Waals surface area contributed by atoms with Gasteiger partial charge in [-0.15, -0.1) is 0 Å². The zero-order chi connectivity index (χ0) is 13.7. The normalized spacial score (nSPS) is 11.9. The Bertz CT molecular complexity index is 467. The molecule has 0 saturated carbocycles. The van der Waals surface area contributed by atoms with Gasteiger partial charge in [0.2, 0.25) is 0 Å². The number of methoxy groups -OCH3 is 1. The third-order valence-electron chi connectivity index (χ3n) is 2.07. The third-order valence-corrected chi connectivity index (χ3v) is 2.75. The van der Waals surface area contributed by atoms with Gasteiger partial charge in [-0.3, -0.25) is 4.79 Å². The number of carbonyl (C=O) groups is 2. The van der Waals surface area contributed by atoms with Crippen LogP contribution < -0.4 is 5.32 Å². The number of pyridine rings is 1. The molecule has 1 amide bonds. The standard InChI is InChI=1S/C10H10Cl2N2O4/c1-18-7(10(16)17)4-14-9(15)5-2-6(11)8(12)13-3-5/h2-3,7H,4H2,1H3,(H,14,15)(H,16,17). The Labute approximate surface area is 113 Å². The maximum Gasteiger partial charge on any atom is 0.334 e. The number of aliphatic carboxylic acids is 1. The number of nitrogens with zero attached hydrogens (tertiary/aromatic N) is 1. The van der Waals surface area contributed by atoms with Crippen LogP contribution in [0.4, 0.5) is 0 Å². The zero-order valence-electron chi connectivity index (χ0n) is 9.31. The highest BCUT2D eigenvalue weighted by molar-refractivity contribution is 6.41. The molecule has 18 heavy (non-hydrogen) atoms. The second-order valence-corrected chi connectivity index (χ2v) is 4.03. The number of carboxylic acid groups (broad SMARTS) is 1. The van der Waals surface area contributed by atoms with Crippen LogP contribution in [-0.4, -0.2) is 41.7 Å². The summed E-state index contributed by atoms with van der Waals surface area (Å²) in [5.74, 6) is -1.67. The van der Waals surface area contributed by atoms with E-state index in [1.807, 2.05) is 0 Å². The molecule has 0 fully saturated rings. The smallest absolute Gasteiger partial charge is 0.334 e. The van der Waals surface area contributed by atoms with Crippen LogP contribution in [0.2, 0.25) is 10.2 Å². The average Bonchev–Trinajstić information content (AvgIpc) is 2.32. The molecule has 0 bridgehead atoms. The lowest BCUT2D eigenvalue weighted by Crippen LogP contribution is -2.37. The predicted octanol–water partition coefficient (Wildman–Crippen LogP) is 1.22. The minimum Gasteiger partial charge on any atom is -0.479 e. The molecule has 0 aliphatic heterocycles. The molecule has 1 unspecified atom stereocenters. The van der Waals surface area contributed by atoms with Crippen LogP contribution in [0.1, 0.15) is 10.4 Å². The van der Waals surface area contributed by atoms with E-state index >= 15 is 0 Å². The van der Waals surface area contributed by atoms with Crippen LogP contribution >= 0.6 is 23.2 Å². The Balaban J connectivity index is 2.65. The average molecular weight is 293 g/mol. The largest absolute Gasteiger partial charge is 0.479 e. The van der Waals surface area contributed by atoms with Gasteiger partial charge in [0.1, 0.15) is 5.15 Å². The summed E-state index contributed by atoms with van der Waals surface area (Å²) in [5, 5.41) is 11.3. The zero-order valence-corrected chi connectivity index (χ0v) is 10.8. The molecular formula is C10H10Cl2N2O4. The highest BCUT2D eigenvalue weighted by atomic mass is 35.5. The number of aromatic nitrogens is 1. The molecule has 6 nitrogen and oxygen atoms in total. The number of amides is 1. The van der Waals surface area contributed by atoms with Gasteiger partial charge >= 0.3 is 5.97 Å². The van der Waals surface area contributed by atoms with E-state index in [9.17, 15) is 9.59 Å². The van der Waals surface area contributed by atoms with Crippen LogP contribution in [0.5, 0.6) is 0 Å². The fourth-order valence-corrected chi connectivity index (χ4v) is 1.37. The SMILES string of the molecule is COC(CNC(=O)c1cnc(Cl)c(Cl)c1)C(=O)O. The summed E-state index contributed by atoms with van der Waals surface area (Å²) >= 11 is 11.3. The lowest BCUT2D eigenvalue weighted by atomic mass is 10.2. The summed E-state index contributed by atoms with van der Waals surface area (Å²) in [5.41, 5.74) is 0.185. The number of carbonyl (C=O) groups excluding carboxylic acids is 1. The van der Waals surface area contributed by atoms with E-state index in [0.717, 1.165) is 0 Å². The molecular weight excluding hydrogens is 283 g/mol. The van der Waals surface area contributed by atoms with Crippen LogP contribution in [0.15, 0.2) is 12.3 Å². The van der Waals surface area contributed by atoms with Crippen LogP contribution in [0, 0.1) is 0 Å². The van der Waals surface area contributed by atoms with Crippen molar-refractivity contribution in [2.75, 3.05) is 13.7 Å². The monoisotopic (exact) mass is 292 g/mol. The first kappa shape index (κ1) is 14.7. The van der Waals surface area contributed by atoms with Gasteiger partial charge in [-0.2, -0.15) is 0 Å². The minimum absolute atomic E-state index is 0.0912. The number of hydrogen-bond acceptors (Lipinski definition) is 4. The Morgan fingerprint density at radius 2 is 2.22 bits per heavy atom. The van der Waals surface area contributed by atoms with Gasteiger partial charge in [-0.1, -0.05) is 23.2 Å². The number of ether oxygens (including phenoxy) is 1. The lowest BCUT2D eigenvalue weighted by Gasteiger charge is -2.11. The molecule has 0 aliphatic carbocycles. The van der Waals surface area contributed by atoms with E-state index in [4.69, 9.17) is 28.3 Å². The molecule has 8 heteroatoms. The summed E-state index contributed by atoms with van der Waals surface area (Å²) in [6, 6.07) is 1.34. The van der Waals surface area contributed by atoms with Crippen molar-refractivity contribution in [1.29, 1.82) is 0 Å². The molecule has 0 saturated heterocycles. The molecule has 0 radical (unpaired) electrons. The van der Waals surface area contributed by atoms with Crippen molar-refractivity contribution in [2.24, 2.45) is 0 Å². The second-order valence-electron chi connectivity index (χ2n) is 3.27. The summed E-state index contributed by atoms with van der Waals surface area (Å²) in [4.78, 5) is 26.0. The Kier molecular flexibility index (Phi) is 5.33. The van der Waals surface area contributed by atoms with E-state index in [2.05, 4.69) is 15.0 Å². The fourth-order valence-electron chi connectivity index (χ4n) is 1.10. The minimum atomic E-state index is -1.16. The van der Waals surface area contributed by atoms with Gasteiger partial charge in [-0.05, 0) is 6.07 Å². The molecule has 98 valence electrons. The maximum atomic E-state index is 11.6. The summed E-state index contributed by atoms with van der Waals surface area (Å²) in [7, 11) is 1.24. The first-order valence-corrected chi connectivity index (χ1v) is 5.56.